The van der Waals surface area contributed by atoms with E-state index in [1.54, 1.807) is 11.8 Å². The van der Waals surface area contributed by atoms with Crippen molar-refractivity contribution in [3.63, 3.8) is 0 Å². The van der Waals surface area contributed by atoms with E-state index < -0.39 is 0 Å². The molecule has 0 unspecified atom stereocenters. The monoisotopic (exact) mass is 415 g/mol. The summed E-state index contributed by atoms with van der Waals surface area (Å²) >= 11 is 1.75. The summed E-state index contributed by atoms with van der Waals surface area (Å²) in [5.41, 5.74) is 7.92. The highest BCUT2D eigenvalue weighted by atomic mass is 32.2. The molecule has 1 heterocycles. The Labute approximate surface area is 185 Å². The standard InChI is InChI=1S/C27H17N3S/c1-30-24-10-8-22(20-6-2-4-18(12-20)16-28)14-26(24)31-27-15-23(9-11-25(27)30)21-7-3-5-19(13-21)17-29/h2-15H,1H3. The molecule has 146 valence electrons. The van der Waals surface area contributed by atoms with Crippen LogP contribution in [0.15, 0.2) is 94.7 Å². The second-order valence-electron chi connectivity index (χ2n) is 7.41. The molecule has 0 saturated heterocycles. The average Bonchev–Trinajstić information content (AvgIpc) is 2.83. The molecule has 3 nitrogen and oxygen atoms in total. The van der Waals surface area contributed by atoms with E-state index in [0.29, 0.717) is 11.1 Å². The number of nitriles is 2. The average molecular weight is 416 g/mol. The maximum atomic E-state index is 9.22. The topological polar surface area (TPSA) is 50.8 Å². The van der Waals surface area contributed by atoms with E-state index in [1.807, 2.05) is 48.5 Å². The van der Waals surface area contributed by atoms with Crippen LogP contribution >= 0.6 is 11.8 Å². The van der Waals surface area contributed by atoms with Crippen LogP contribution < -0.4 is 4.90 Å². The SMILES string of the molecule is CN1c2ccc(-c3cccc(C#N)c3)cc2Sc2cc(-c3cccc(C#N)c3)ccc21. The molecule has 0 amide bonds. The van der Waals surface area contributed by atoms with Crippen molar-refractivity contribution in [1.29, 1.82) is 10.5 Å². The Morgan fingerprint density at radius 2 is 1.06 bits per heavy atom. The highest BCUT2D eigenvalue weighted by Crippen LogP contribution is 2.49. The summed E-state index contributed by atoms with van der Waals surface area (Å²) in [5.74, 6) is 0. The number of rotatable bonds is 2. The molecule has 1 aliphatic heterocycles. The molecule has 0 fully saturated rings. The Kier molecular flexibility index (Phi) is 4.71. The van der Waals surface area contributed by atoms with Crippen molar-refractivity contribution in [1.82, 2.24) is 0 Å². The van der Waals surface area contributed by atoms with E-state index >= 15 is 0 Å². The number of fused-ring (bicyclic) bond motifs is 2. The minimum Gasteiger partial charge on any atom is -0.343 e. The van der Waals surface area contributed by atoms with Crippen molar-refractivity contribution in [2.24, 2.45) is 0 Å². The molecule has 1 aliphatic rings. The summed E-state index contributed by atoms with van der Waals surface area (Å²) in [6.45, 7) is 0. The molecule has 5 rings (SSSR count). The molecule has 0 aromatic heterocycles. The van der Waals surface area contributed by atoms with Crippen molar-refractivity contribution >= 4 is 23.1 Å². The predicted molar refractivity (Wildman–Crippen MR) is 125 cm³/mol. The van der Waals surface area contributed by atoms with Gasteiger partial charge in [0.15, 0.2) is 0 Å². The van der Waals surface area contributed by atoms with E-state index in [-0.39, 0.29) is 0 Å². The molecule has 31 heavy (non-hydrogen) atoms. The zero-order valence-corrected chi connectivity index (χ0v) is 17.6. The maximum Gasteiger partial charge on any atom is 0.0991 e. The Morgan fingerprint density at radius 3 is 1.52 bits per heavy atom. The van der Waals surface area contributed by atoms with Crippen LogP contribution in [-0.2, 0) is 0 Å². The molecule has 0 saturated carbocycles. The van der Waals surface area contributed by atoms with Crippen LogP contribution in [0.3, 0.4) is 0 Å². The molecule has 0 N–H and O–H groups in total. The van der Waals surface area contributed by atoms with Crippen LogP contribution in [-0.4, -0.2) is 7.05 Å². The Hall–Kier alpha value is -3.99. The smallest absolute Gasteiger partial charge is 0.0991 e. The van der Waals surface area contributed by atoms with Crippen LogP contribution in [0.25, 0.3) is 22.3 Å². The lowest BCUT2D eigenvalue weighted by Gasteiger charge is -2.30. The predicted octanol–water partition coefficient (Wildman–Crippen LogP) is 7.00. The molecule has 4 aromatic carbocycles. The van der Waals surface area contributed by atoms with Crippen molar-refractivity contribution in [3.05, 3.63) is 96.1 Å². The third-order valence-corrected chi connectivity index (χ3v) is 6.61. The minimum atomic E-state index is 0.662. The normalized spacial score (nSPS) is 11.8. The van der Waals surface area contributed by atoms with Gasteiger partial charge in [-0.3, -0.25) is 0 Å². The van der Waals surface area contributed by atoms with Gasteiger partial charge in [0.1, 0.15) is 0 Å². The second-order valence-corrected chi connectivity index (χ2v) is 8.50. The van der Waals surface area contributed by atoms with Crippen molar-refractivity contribution in [2.75, 3.05) is 11.9 Å². The molecule has 0 atom stereocenters. The van der Waals surface area contributed by atoms with E-state index in [1.165, 1.54) is 9.79 Å². The first kappa shape index (κ1) is 19.0. The molecule has 0 radical (unpaired) electrons. The number of nitrogens with zero attached hydrogens (tertiary/aromatic N) is 3. The lowest BCUT2D eigenvalue weighted by molar-refractivity contribution is 1.11. The molecular formula is C27H17N3S. The van der Waals surface area contributed by atoms with Gasteiger partial charge in [-0.25, -0.2) is 0 Å². The fraction of sp³-hybridized carbons (Fsp3) is 0.0370. The lowest BCUT2D eigenvalue weighted by Crippen LogP contribution is -2.14. The van der Waals surface area contributed by atoms with E-state index in [0.717, 1.165) is 33.6 Å². The van der Waals surface area contributed by atoms with Gasteiger partial charge in [-0.1, -0.05) is 48.2 Å². The van der Waals surface area contributed by atoms with E-state index in [9.17, 15) is 10.5 Å². The first-order chi connectivity index (χ1) is 15.2. The van der Waals surface area contributed by atoms with Gasteiger partial charge in [-0.2, -0.15) is 10.5 Å². The first-order valence-corrected chi connectivity index (χ1v) is 10.7. The van der Waals surface area contributed by atoms with Crippen LogP contribution in [0.5, 0.6) is 0 Å². The van der Waals surface area contributed by atoms with Crippen LogP contribution in [0.4, 0.5) is 11.4 Å². The third-order valence-electron chi connectivity index (χ3n) is 5.51. The number of anilines is 2. The van der Waals surface area contributed by atoms with Gasteiger partial charge < -0.3 is 4.90 Å². The summed E-state index contributed by atoms with van der Waals surface area (Å²) in [4.78, 5) is 4.57. The fourth-order valence-electron chi connectivity index (χ4n) is 3.89. The van der Waals surface area contributed by atoms with Gasteiger partial charge in [0, 0.05) is 16.8 Å². The Balaban J connectivity index is 1.55. The minimum absolute atomic E-state index is 0.662. The van der Waals surface area contributed by atoms with Crippen molar-refractivity contribution in [2.45, 2.75) is 9.79 Å². The summed E-state index contributed by atoms with van der Waals surface area (Å²) in [5, 5.41) is 18.4. The Morgan fingerprint density at radius 1 is 0.613 bits per heavy atom. The van der Waals surface area contributed by atoms with Gasteiger partial charge in [0.05, 0.1) is 34.6 Å². The third kappa shape index (κ3) is 3.44. The quantitative estimate of drug-likeness (QED) is 0.354. The summed E-state index contributed by atoms with van der Waals surface area (Å²) in [6, 6.07) is 32.7. The Bertz CT molecular complexity index is 1300. The number of hydrogen-bond acceptors (Lipinski definition) is 4. The molecule has 0 aliphatic carbocycles. The molecule has 0 bridgehead atoms. The zero-order valence-electron chi connectivity index (χ0n) is 16.8. The first-order valence-electron chi connectivity index (χ1n) is 9.87. The number of benzene rings is 4. The molecular weight excluding hydrogens is 398 g/mol. The largest absolute Gasteiger partial charge is 0.343 e. The van der Waals surface area contributed by atoms with Gasteiger partial charge >= 0.3 is 0 Å². The number of hydrogen-bond donors (Lipinski definition) is 0. The summed E-state index contributed by atoms with van der Waals surface area (Å²) < 4.78 is 0. The van der Waals surface area contributed by atoms with E-state index in [4.69, 9.17) is 0 Å². The summed E-state index contributed by atoms with van der Waals surface area (Å²) in [7, 11) is 2.09. The fourth-order valence-corrected chi connectivity index (χ4v) is 5.12. The van der Waals surface area contributed by atoms with Crippen LogP contribution in [0, 0.1) is 22.7 Å². The van der Waals surface area contributed by atoms with Gasteiger partial charge in [-0.05, 0) is 70.8 Å². The van der Waals surface area contributed by atoms with Crippen LogP contribution in [0.2, 0.25) is 0 Å². The molecule has 4 heteroatoms. The van der Waals surface area contributed by atoms with Gasteiger partial charge in [0.25, 0.3) is 0 Å². The zero-order chi connectivity index (χ0) is 21.4. The molecule has 4 aromatic rings. The highest BCUT2D eigenvalue weighted by molar-refractivity contribution is 7.99. The van der Waals surface area contributed by atoms with Crippen molar-refractivity contribution in [3.8, 4) is 34.4 Å². The van der Waals surface area contributed by atoms with E-state index in [2.05, 4.69) is 60.5 Å². The van der Waals surface area contributed by atoms with Gasteiger partial charge in [-0.15, -0.1) is 0 Å². The lowest BCUT2D eigenvalue weighted by atomic mass is 10.0. The van der Waals surface area contributed by atoms with Crippen LogP contribution in [0.1, 0.15) is 11.1 Å². The van der Waals surface area contributed by atoms with Crippen molar-refractivity contribution < 1.29 is 0 Å². The highest BCUT2D eigenvalue weighted by Gasteiger charge is 2.22. The van der Waals surface area contributed by atoms with Gasteiger partial charge in [0.2, 0.25) is 0 Å². The molecule has 0 spiro atoms. The summed E-state index contributed by atoms with van der Waals surface area (Å²) in [6.07, 6.45) is 0. The second kappa shape index (κ2) is 7.69. The maximum absolute atomic E-state index is 9.22.